The molecule has 120 valence electrons. The van der Waals surface area contributed by atoms with Crippen molar-refractivity contribution in [1.82, 2.24) is 0 Å². The summed E-state index contributed by atoms with van der Waals surface area (Å²) in [5, 5.41) is 11.3. The summed E-state index contributed by atoms with van der Waals surface area (Å²) >= 11 is 3.76. The zero-order chi connectivity index (χ0) is 15.7. The van der Waals surface area contributed by atoms with Gasteiger partial charge in [0, 0.05) is 6.42 Å². The molecule has 2 heterocycles. The topological polar surface area (TPSA) is 29.5 Å². The maximum Gasteiger partial charge on any atom is 0.122 e. The highest BCUT2D eigenvalue weighted by molar-refractivity contribution is 8.18. The quantitative estimate of drug-likeness (QED) is 0.895. The molecule has 2 aliphatic heterocycles. The van der Waals surface area contributed by atoms with E-state index >= 15 is 0 Å². The van der Waals surface area contributed by atoms with Gasteiger partial charge < -0.3 is 9.84 Å². The molecule has 1 N–H and O–H groups in total. The molecule has 0 unspecified atom stereocenters. The number of thioether (sulfide) groups is 2. The summed E-state index contributed by atoms with van der Waals surface area (Å²) in [5.74, 6) is 3.15. The SMILES string of the molecule is O[C@H](c1ccc2c(c1)CCO2)C1(c2ccccc2)SCCCS1. The largest absolute Gasteiger partial charge is 0.493 e. The van der Waals surface area contributed by atoms with Crippen LogP contribution in [0.4, 0.5) is 0 Å². The van der Waals surface area contributed by atoms with E-state index in [2.05, 4.69) is 30.3 Å². The summed E-state index contributed by atoms with van der Waals surface area (Å²) in [6.45, 7) is 0.752. The van der Waals surface area contributed by atoms with Crippen LogP contribution in [0.25, 0.3) is 0 Å². The van der Waals surface area contributed by atoms with Crippen molar-refractivity contribution >= 4 is 23.5 Å². The van der Waals surface area contributed by atoms with Crippen LogP contribution in [0, 0.1) is 0 Å². The van der Waals surface area contributed by atoms with E-state index in [0.29, 0.717) is 0 Å². The first kappa shape index (κ1) is 15.4. The van der Waals surface area contributed by atoms with E-state index in [4.69, 9.17) is 4.74 Å². The van der Waals surface area contributed by atoms with Crippen LogP contribution in [0.3, 0.4) is 0 Å². The first-order valence-corrected chi connectivity index (χ1v) is 10.0. The second-order valence-electron chi connectivity index (χ2n) is 5.95. The Labute approximate surface area is 145 Å². The third-order valence-corrected chi connectivity index (χ3v) is 7.96. The average Bonchev–Trinajstić information content (AvgIpc) is 3.10. The lowest BCUT2D eigenvalue weighted by Gasteiger charge is -2.40. The van der Waals surface area contributed by atoms with E-state index in [-0.39, 0.29) is 4.08 Å². The summed E-state index contributed by atoms with van der Waals surface area (Å²) in [4.78, 5) is 0. The van der Waals surface area contributed by atoms with Gasteiger partial charge in [0.25, 0.3) is 0 Å². The average molecular weight is 345 g/mol. The molecule has 23 heavy (non-hydrogen) atoms. The number of aliphatic hydroxyl groups excluding tert-OH is 1. The molecule has 0 amide bonds. The Hall–Kier alpha value is -1.10. The molecule has 0 bridgehead atoms. The van der Waals surface area contributed by atoms with Gasteiger partial charge in [-0.05, 0) is 46.7 Å². The predicted octanol–water partition coefficient (Wildman–Crippen LogP) is 4.38. The molecular weight excluding hydrogens is 324 g/mol. The molecule has 2 aromatic carbocycles. The Morgan fingerprint density at radius 2 is 1.83 bits per heavy atom. The van der Waals surface area contributed by atoms with Crippen LogP contribution in [0.2, 0.25) is 0 Å². The molecule has 0 aromatic heterocycles. The number of fused-ring (bicyclic) bond motifs is 1. The first-order chi connectivity index (χ1) is 11.3. The fraction of sp³-hybridized carbons (Fsp3) is 0.368. The summed E-state index contributed by atoms with van der Waals surface area (Å²) in [6.07, 6.45) is 1.62. The lowest BCUT2D eigenvalue weighted by atomic mass is 9.98. The van der Waals surface area contributed by atoms with Crippen LogP contribution in [-0.4, -0.2) is 23.2 Å². The van der Waals surface area contributed by atoms with Gasteiger partial charge in [0.1, 0.15) is 15.9 Å². The molecule has 4 rings (SSSR count). The molecule has 0 radical (unpaired) electrons. The van der Waals surface area contributed by atoms with Crippen molar-refractivity contribution in [3.05, 3.63) is 65.2 Å². The Balaban J connectivity index is 1.74. The summed E-state index contributed by atoms with van der Waals surface area (Å²) in [7, 11) is 0. The molecule has 1 saturated heterocycles. The highest BCUT2D eigenvalue weighted by Gasteiger charge is 2.43. The number of aliphatic hydroxyl groups is 1. The van der Waals surface area contributed by atoms with Gasteiger partial charge in [-0.3, -0.25) is 0 Å². The molecule has 2 nitrogen and oxygen atoms in total. The van der Waals surface area contributed by atoms with Crippen molar-refractivity contribution in [2.24, 2.45) is 0 Å². The molecule has 0 aliphatic carbocycles. The van der Waals surface area contributed by atoms with E-state index < -0.39 is 6.10 Å². The van der Waals surface area contributed by atoms with E-state index in [1.54, 1.807) is 0 Å². The summed E-state index contributed by atoms with van der Waals surface area (Å²) < 4.78 is 5.28. The zero-order valence-corrected chi connectivity index (χ0v) is 14.5. The first-order valence-electron chi connectivity index (χ1n) is 8.07. The Morgan fingerprint density at radius 1 is 1.04 bits per heavy atom. The molecule has 1 fully saturated rings. The van der Waals surface area contributed by atoms with Crippen molar-refractivity contribution in [2.75, 3.05) is 18.1 Å². The van der Waals surface area contributed by atoms with Crippen LogP contribution in [0.5, 0.6) is 5.75 Å². The van der Waals surface area contributed by atoms with Crippen LogP contribution in [-0.2, 0) is 10.5 Å². The van der Waals surface area contributed by atoms with E-state index in [1.807, 2.05) is 41.7 Å². The molecule has 0 saturated carbocycles. The second kappa shape index (κ2) is 6.42. The van der Waals surface area contributed by atoms with Gasteiger partial charge in [-0.2, -0.15) is 0 Å². The molecule has 2 aliphatic rings. The number of hydrogen-bond acceptors (Lipinski definition) is 4. The van der Waals surface area contributed by atoms with E-state index in [0.717, 1.165) is 35.8 Å². The minimum atomic E-state index is -0.522. The summed E-state index contributed by atoms with van der Waals surface area (Å²) in [5.41, 5.74) is 3.43. The van der Waals surface area contributed by atoms with Gasteiger partial charge >= 0.3 is 0 Å². The summed E-state index contributed by atoms with van der Waals surface area (Å²) in [6, 6.07) is 16.6. The highest BCUT2D eigenvalue weighted by atomic mass is 32.2. The second-order valence-corrected chi connectivity index (χ2v) is 8.89. The van der Waals surface area contributed by atoms with Crippen molar-refractivity contribution < 1.29 is 9.84 Å². The van der Waals surface area contributed by atoms with Crippen LogP contribution >= 0.6 is 23.5 Å². The number of hydrogen-bond donors (Lipinski definition) is 1. The fourth-order valence-electron chi connectivity index (χ4n) is 3.30. The number of ether oxygens (including phenoxy) is 1. The van der Waals surface area contributed by atoms with Crippen LogP contribution in [0.1, 0.15) is 29.2 Å². The minimum absolute atomic E-state index is 0.312. The van der Waals surface area contributed by atoms with Crippen molar-refractivity contribution in [2.45, 2.75) is 23.0 Å². The predicted molar refractivity (Wildman–Crippen MR) is 98.3 cm³/mol. The highest BCUT2D eigenvalue weighted by Crippen LogP contribution is 2.57. The lowest BCUT2D eigenvalue weighted by molar-refractivity contribution is 0.163. The molecule has 4 heteroatoms. The molecular formula is C19H20O2S2. The Morgan fingerprint density at radius 3 is 2.61 bits per heavy atom. The van der Waals surface area contributed by atoms with Crippen molar-refractivity contribution in [3.63, 3.8) is 0 Å². The maximum absolute atomic E-state index is 11.3. The van der Waals surface area contributed by atoms with E-state index in [1.165, 1.54) is 17.5 Å². The maximum atomic E-state index is 11.3. The number of benzene rings is 2. The van der Waals surface area contributed by atoms with Crippen molar-refractivity contribution in [3.8, 4) is 5.75 Å². The standard InChI is InChI=1S/C19H20O2S2/c20-18(15-7-8-17-14(13-15)9-10-21-17)19(22-11-4-12-23-19)16-5-2-1-3-6-16/h1-3,5-8,13,18,20H,4,9-12H2/t18-/m1/s1. The fourth-order valence-corrected chi connectivity index (χ4v) is 6.69. The minimum Gasteiger partial charge on any atom is -0.493 e. The monoisotopic (exact) mass is 344 g/mol. The molecule has 2 aromatic rings. The van der Waals surface area contributed by atoms with Crippen LogP contribution < -0.4 is 4.74 Å². The Bertz CT molecular complexity index is 681. The molecule has 1 atom stereocenters. The van der Waals surface area contributed by atoms with Crippen molar-refractivity contribution in [1.29, 1.82) is 0 Å². The van der Waals surface area contributed by atoms with Crippen LogP contribution in [0.15, 0.2) is 48.5 Å². The van der Waals surface area contributed by atoms with Gasteiger partial charge in [-0.25, -0.2) is 0 Å². The third-order valence-electron chi connectivity index (χ3n) is 4.49. The van der Waals surface area contributed by atoms with E-state index in [9.17, 15) is 5.11 Å². The van der Waals surface area contributed by atoms with Gasteiger partial charge in [-0.1, -0.05) is 36.4 Å². The van der Waals surface area contributed by atoms with Gasteiger partial charge in [-0.15, -0.1) is 23.5 Å². The smallest absolute Gasteiger partial charge is 0.122 e. The van der Waals surface area contributed by atoms with Gasteiger partial charge in [0.2, 0.25) is 0 Å². The molecule has 0 spiro atoms. The Kier molecular flexibility index (Phi) is 4.31. The third kappa shape index (κ3) is 2.77. The lowest BCUT2D eigenvalue weighted by Crippen LogP contribution is -2.30. The normalized spacial score (nSPS) is 20.6. The zero-order valence-electron chi connectivity index (χ0n) is 12.9. The van der Waals surface area contributed by atoms with Gasteiger partial charge in [0.15, 0.2) is 0 Å². The van der Waals surface area contributed by atoms with Gasteiger partial charge in [0.05, 0.1) is 6.61 Å². The number of rotatable bonds is 3.